The zero-order valence-corrected chi connectivity index (χ0v) is 10.8. The predicted octanol–water partition coefficient (Wildman–Crippen LogP) is 2.50. The summed E-state index contributed by atoms with van der Waals surface area (Å²) in [5.74, 6) is 0.209. The molecular formula is C14H22N2O. The zero-order valence-electron chi connectivity index (χ0n) is 10.8. The first-order valence-corrected chi connectivity index (χ1v) is 6.64. The van der Waals surface area contributed by atoms with Crippen LogP contribution in [0.2, 0.25) is 0 Å². The van der Waals surface area contributed by atoms with Crippen LogP contribution in [0.4, 0.5) is 0 Å². The van der Waals surface area contributed by atoms with Crippen molar-refractivity contribution in [2.24, 2.45) is 0 Å². The Bertz CT molecular complexity index is 397. The van der Waals surface area contributed by atoms with Gasteiger partial charge in [-0.1, -0.05) is 13.8 Å². The van der Waals surface area contributed by atoms with Gasteiger partial charge in [0.2, 0.25) is 5.91 Å². The number of nitrogens with one attached hydrogen (secondary N) is 1. The minimum Gasteiger partial charge on any atom is -0.351 e. The number of carbonyl (C=O) groups is 1. The molecule has 1 amide bonds. The number of carbonyl (C=O) groups excluding carboxylic acids is 1. The monoisotopic (exact) mass is 234 g/mol. The van der Waals surface area contributed by atoms with Gasteiger partial charge in [0.05, 0.1) is 0 Å². The maximum Gasteiger partial charge on any atom is 0.220 e. The first-order chi connectivity index (χ1) is 8.19. The Labute approximate surface area is 103 Å². The highest BCUT2D eigenvalue weighted by molar-refractivity contribution is 5.79. The lowest BCUT2D eigenvalue weighted by molar-refractivity contribution is -0.119. The molecule has 94 valence electrons. The highest BCUT2D eigenvalue weighted by Crippen LogP contribution is 2.28. The summed E-state index contributed by atoms with van der Waals surface area (Å²) >= 11 is 0. The van der Waals surface area contributed by atoms with Gasteiger partial charge in [-0.3, -0.25) is 4.79 Å². The fourth-order valence-electron chi connectivity index (χ4n) is 2.71. The molecule has 0 aliphatic carbocycles. The van der Waals surface area contributed by atoms with Crippen LogP contribution < -0.4 is 5.32 Å². The highest BCUT2D eigenvalue weighted by atomic mass is 16.2. The molecule has 1 aromatic heterocycles. The second-order valence-electron chi connectivity index (χ2n) is 5.05. The Kier molecular flexibility index (Phi) is 3.55. The lowest BCUT2D eigenvalue weighted by Crippen LogP contribution is -2.43. The van der Waals surface area contributed by atoms with Gasteiger partial charge in [-0.25, -0.2) is 0 Å². The third-order valence-corrected chi connectivity index (χ3v) is 3.82. The van der Waals surface area contributed by atoms with Gasteiger partial charge in [0.1, 0.15) is 0 Å². The molecular weight excluding hydrogens is 212 g/mol. The lowest BCUT2D eigenvalue weighted by Gasteiger charge is -2.28. The van der Waals surface area contributed by atoms with Crippen LogP contribution in [-0.2, 0) is 17.8 Å². The normalized spacial score (nSPS) is 24.0. The van der Waals surface area contributed by atoms with Crippen molar-refractivity contribution in [2.45, 2.75) is 58.0 Å². The second kappa shape index (κ2) is 4.94. The first-order valence-electron chi connectivity index (χ1n) is 6.64. The molecule has 1 fully saturated rings. The van der Waals surface area contributed by atoms with E-state index < -0.39 is 0 Å². The molecule has 17 heavy (non-hydrogen) atoms. The van der Waals surface area contributed by atoms with Crippen molar-refractivity contribution < 1.29 is 4.79 Å². The van der Waals surface area contributed by atoms with Gasteiger partial charge in [0.25, 0.3) is 0 Å². The van der Waals surface area contributed by atoms with Crippen LogP contribution >= 0.6 is 0 Å². The van der Waals surface area contributed by atoms with Crippen LogP contribution in [0.25, 0.3) is 0 Å². The van der Waals surface area contributed by atoms with Crippen LogP contribution in [0, 0.1) is 0 Å². The zero-order chi connectivity index (χ0) is 12.3. The molecule has 1 atom stereocenters. The Hall–Kier alpha value is -1.25. The molecule has 1 saturated heterocycles. The third-order valence-electron chi connectivity index (χ3n) is 3.82. The fourth-order valence-corrected chi connectivity index (χ4v) is 2.71. The van der Waals surface area contributed by atoms with Gasteiger partial charge in [-0.15, -0.1) is 0 Å². The summed E-state index contributed by atoms with van der Waals surface area (Å²) in [6.07, 6.45) is 6.91. The summed E-state index contributed by atoms with van der Waals surface area (Å²) in [6.45, 7) is 5.42. The van der Waals surface area contributed by atoms with E-state index in [2.05, 4.69) is 42.1 Å². The number of hydrogen-bond acceptors (Lipinski definition) is 1. The SMILES string of the molecule is CCCn1cccc1CC1(CC)CCC(=O)N1. The Morgan fingerprint density at radius 3 is 2.88 bits per heavy atom. The third kappa shape index (κ3) is 2.54. The summed E-state index contributed by atoms with van der Waals surface area (Å²) in [5.41, 5.74) is 1.34. The molecule has 0 spiro atoms. The Morgan fingerprint density at radius 2 is 2.29 bits per heavy atom. The predicted molar refractivity (Wildman–Crippen MR) is 68.8 cm³/mol. The van der Waals surface area contributed by atoms with E-state index in [1.54, 1.807) is 0 Å². The highest BCUT2D eigenvalue weighted by Gasteiger charge is 2.36. The number of aromatic nitrogens is 1. The van der Waals surface area contributed by atoms with E-state index in [1.165, 1.54) is 5.69 Å². The van der Waals surface area contributed by atoms with Gasteiger partial charge in [-0.2, -0.15) is 0 Å². The van der Waals surface area contributed by atoms with E-state index in [9.17, 15) is 4.79 Å². The molecule has 2 heterocycles. The van der Waals surface area contributed by atoms with E-state index in [4.69, 9.17) is 0 Å². The van der Waals surface area contributed by atoms with Gasteiger partial charge < -0.3 is 9.88 Å². The summed E-state index contributed by atoms with van der Waals surface area (Å²) < 4.78 is 2.31. The van der Waals surface area contributed by atoms with E-state index in [-0.39, 0.29) is 11.4 Å². The quantitative estimate of drug-likeness (QED) is 0.834. The minimum absolute atomic E-state index is 0.000921. The number of nitrogens with zero attached hydrogens (tertiary/aromatic N) is 1. The van der Waals surface area contributed by atoms with E-state index in [0.29, 0.717) is 6.42 Å². The van der Waals surface area contributed by atoms with Crippen molar-refractivity contribution >= 4 is 5.91 Å². The summed E-state index contributed by atoms with van der Waals surface area (Å²) in [7, 11) is 0. The summed E-state index contributed by atoms with van der Waals surface area (Å²) in [4.78, 5) is 11.4. The number of hydrogen-bond donors (Lipinski definition) is 1. The maximum absolute atomic E-state index is 11.4. The largest absolute Gasteiger partial charge is 0.351 e. The second-order valence-corrected chi connectivity index (χ2v) is 5.05. The van der Waals surface area contributed by atoms with Crippen molar-refractivity contribution in [2.75, 3.05) is 0 Å². The van der Waals surface area contributed by atoms with E-state index in [1.807, 2.05) is 0 Å². The molecule has 0 bridgehead atoms. The average molecular weight is 234 g/mol. The van der Waals surface area contributed by atoms with Crippen LogP contribution in [-0.4, -0.2) is 16.0 Å². The van der Waals surface area contributed by atoms with Crippen LogP contribution in [0.1, 0.15) is 45.2 Å². The average Bonchev–Trinajstić information content (AvgIpc) is 2.89. The van der Waals surface area contributed by atoms with Gasteiger partial charge in [-0.05, 0) is 31.4 Å². The Morgan fingerprint density at radius 1 is 1.47 bits per heavy atom. The first kappa shape index (κ1) is 12.2. The molecule has 0 aromatic carbocycles. The molecule has 1 aromatic rings. The molecule has 3 heteroatoms. The van der Waals surface area contributed by atoms with Gasteiger partial charge in [0, 0.05) is 36.8 Å². The van der Waals surface area contributed by atoms with Gasteiger partial charge >= 0.3 is 0 Å². The van der Waals surface area contributed by atoms with Crippen molar-refractivity contribution in [1.29, 1.82) is 0 Å². The van der Waals surface area contributed by atoms with E-state index in [0.717, 1.165) is 32.2 Å². The summed E-state index contributed by atoms with van der Waals surface area (Å²) in [6, 6.07) is 4.28. The fraction of sp³-hybridized carbons (Fsp3) is 0.643. The van der Waals surface area contributed by atoms with Crippen LogP contribution in [0.15, 0.2) is 18.3 Å². The number of rotatable bonds is 5. The molecule has 1 aliphatic heterocycles. The topological polar surface area (TPSA) is 34.0 Å². The van der Waals surface area contributed by atoms with Crippen LogP contribution in [0.5, 0.6) is 0 Å². The molecule has 1 unspecified atom stereocenters. The van der Waals surface area contributed by atoms with Crippen molar-refractivity contribution in [3.63, 3.8) is 0 Å². The lowest BCUT2D eigenvalue weighted by atomic mass is 9.89. The summed E-state index contributed by atoms with van der Waals surface area (Å²) in [5, 5.41) is 3.17. The molecule has 1 aliphatic rings. The molecule has 0 saturated carbocycles. The minimum atomic E-state index is 0.000921. The standard InChI is InChI=1S/C14H22N2O/c1-3-9-16-10-5-6-12(16)11-14(4-2)8-7-13(17)15-14/h5-6,10H,3-4,7-9,11H2,1-2H3,(H,15,17). The molecule has 3 nitrogen and oxygen atoms in total. The van der Waals surface area contributed by atoms with E-state index >= 15 is 0 Å². The smallest absolute Gasteiger partial charge is 0.220 e. The molecule has 2 rings (SSSR count). The van der Waals surface area contributed by atoms with Gasteiger partial charge in [0.15, 0.2) is 0 Å². The van der Waals surface area contributed by atoms with Crippen LogP contribution in [0.3, 0.4) is 0 Å². The Balaban J connectivity index is 2.13. The van der Waals surface area contributed by atoms with Crippen molar-refractivity contribution in [1.82, 2.24) is 9.88 Å². The van der Waals surface area contributed by atoms with Crippen molar-refractivity contribution in [3.05, 3.63) is 24.0 Å². The number of amides is 1. The maximum atomic E-state index is 11.4. The molecule has 0 radical (unpaired) electrons. The molecule has 1 N–H and O–H groups in total. The van der Waals surface area contributed by atoms with Crippen molar-refractivity contribution in [3.8, 4) is 0 Å². The number of aryl methyl sites for hydroxylation is 1.